The van der Waals surface area contributed by atoms with E-state index in [-0.39, 0.29) is 0 Å². The summed E-state index contributed by atoms with van der Waals surface area (Å²) in [4.78, 5) is 8.70. The zero-order valence-electron chi connectivity index (χ0n) is 10.5. The summed E-state index contributed by atoms with van der Waals surface area (Å²) in [5.74, 6) is 2.25. The van der Waals surface area contributed by atoms with E-state index in [4.69, 9.17) is 5.73 Å². The van der Waals surface area contributed by atoms with Gasteiger partial charge in [-0.15, -0.1) is 0 Å². The highest BCUT2D eigenvalue weighted by molar-refractivity contribution is 8.00. The summed E-state index contributed by atoms with van der Waals surface area (Å²) in [6.45, 7) is 3.09. The summed E-state index contributed by atoms with van der Waals surface area (Å²) in [5.41, 5.74) is 5.78. The molecule has 0 atom stereocenters. The van der Waals surface area contributed by atoms with Crippen LogP contribution < -0.4 is 11.1 Å². The van der Waals surface area contributed by atoms with Crippen molar-refractivity contribution >= 4 is 23.4 Å². The average Bonchev–Trinajstić information content (AvgIpc) is 3.07. The van der Waals surface area contributed by atoms with Crippen molar-refractivity contribution in [2.45, 2.75) is 37.4 Å². The number of nitrogens with zero attached hydrogens (tertiary/aromatic N) is 2. The summed E-state index contributed by atoms with van der Waals surface area (Å²) >= 11 is 1.94. The van der Waals surface area contributed by atoms with E-state index in [2.05, 4.69) is 28.5 Å². The largest absolute Gasteiger partial charge is 0.384 e. The SMILES string of the molecule is CCCc1nc(N)cc(NCC2(SC)CC2)n1. The van der Waals surface area contributed by atoms with Gasteiger partial charge in [-0.25, -0.2) is 9.97 Å². The van der Waals surface area contributed by atoms with Crippen LogP contribution in [0.1, 0.15) is 32.0 Å². The van der Waals surface area contributed by atoms with E-state index in [9.17, 15) is 0 Å². The van der Waals surface area contributed by atoms with Crippen LogP contribution in [0.2, 0.25) is 0 Å². The van der Waals surface area contributed by atoms with E-state index in [1.54, 1.807) is 0 Å². The van der Waals surface area contributed by atoms with Gasteiger partial charge in [-0.2, -0.15) is 11.8 Å². The molecule has 1 aromatic rings. The molecule has 4 nitrogen and oxygen atoms in total. The van der Waals surface area contributed by atoms with Gasteiger partial charge < -0.3 is 11.1 Å². The number of aromatic nitrogens is 2. The van der Waals surface area contributed by atoms with Crippen LogP contribution in [0, 0.1) is 0 Å². The first-order chi connectivity index (χ1) is 8.17. The highest BCUT2D eigenvalue weighted by atomic mass is 32.2. The molecule has 1 aromatic heterocycles. The van der Waals surface area contributed by atoms with Crippen molar-refractivity contribution in [1.29, 1.82) is 0 Å². The maximum absolute atomic E-state index is 5.78. The lowest BCUT2D eigenvalue weighted by Crippen LogP contribution is -2.18. The molecule has 0 amide bonds. The number of anilines is 2. The molecule has 0 bridgehead atoms. The van der Waals surface area contributed by atoms with Crippen LogP contribution in [-0.4, -0.2) is 27.5 Å². The zero-order valence-corrected chi connectivity index (χ0v) is 11.3. The van der Waals surface area contributed by atoms with Crippen LogP contribution in [0.5, 0.6) is 0 Å². The van der Waals surface area contributed by atoms with Crippen molar-refractivity contribution in [2.75, 3.05) is 23.9 Å². The van der Waals surface area contributed by atoms with Crippen LogP contribution in [-0.2, 0) is 6.42 Å². The normalized spacial score (nSPS) is 16.8. The molecule has 94 valence electrons. The molecule has 5 heteroatoms. The molecule has 17 heavy (non-hydrogen) atoms. The Morgan fingerprint density at radius 1 is 1.47 bits per heavy atom. The summed E-state index contributed by atoms with van der Waals surface area (Å²) in [5, 5.41) is 3.39. The molecule has 1 aliphatic carbocycles. The molecule has 0 saturated heterocycles. The minimum atomic E-state index is 0.435. The Bertz CT molecular complexity index is 390. The van der Waals surface area contributed by atoms with E-state index >= 15 is 0 Å². The molecule has 1 aliphatic rings. The summed E-state index contributed by atoms with van der Waals surface area (Å²) in [6, 6.07) is 1.82. The third-order valence-corrected chi connectivity index (χ3v) is 4.52. The number of rotatable bonds is 6. The van der Waals surface area contributed by atoms with Gasteiger partial charge >= 0.3 is 0 Å². The second kappa shape index (κ2) is 5.12. The maximum Gasteiger partial charge on any atom is 0.133 e. The summed E-state index contributed by atoms with van der Waals surface area (Å²) in [7, 11) is 0. The van der Waals surface area contributed by atoms with E-state index in [1.165, 1.54) is 12.8 Å². The second-order valence-corrected chi connectivity index (χ2v) is 5.86. The van der Waals surface area contributed by atoms with Crippen LogP contribution >= 0.6 is 11.8 Å². The molecular weight excluding hydrogens is 232 g/mol. The second-order valence-electron chi connectivity index (χ2n) is 4.58. The lowest BCUT2D eigenvalue weighted by Gasteiger charge is -2.14. The lowest BCUT2D eigenvalue weighted by molar-refractivity contribution is 0.833. The van der Waals surface area contributed by atoms with Gasteiger partial charge in [0, 0.05) is 23.8 Å². The van der Waals surface area contributed by atoms with Gasteiger partial charge in [0.25, 0.3) is 0 Å². The third kappa shape index (κ3) is 3.25. The first-order valence-corrected chi connectivity index (χ1v) is 7.32. The van der Waals surface area contributed by atoms with E-state index in [0.717, 1.165) is 31.0 Å². The number of hydrogen-bond acceptors (Lipinski definition) is 5. The summed E-state index contributed by atoms with van der Waals surface area (Å²) in [6.07, 6.45) is 6.68. The molecule has 0 unspecified atom stereocenters. The molecule has 0 radical (unpaired) electrons. The number of aryl methyl sites for hydroxylation is 1. The highest BCUT2D eigenvalue weighted by Crippen LogP contribution is 2.46. The lowest BCUT2D eigenvalue weighted by atomic mass is 10.3. The monoisotopic (exact) mass is 252 g/mol. The Morgan fingerprint density at radius 2 is 2.24 bits per heavy atom. The maximum atomic E-state index is 5.78. The van der Waals surface area contributed by atoms with Crippen LogP contribution in [0.25, 0.3) is 0 Å². The van der Waals surface area contributed by atoms with Crippen LogP contribution in [0.4, 0.5) is 11.6 Å². The third-order valence-electron chi connectivity index (χ3n) is 3.10. The Kier molecular flexibility index (Phi) is 3.76. The Labute approximate surface area is 107 Å². The van der Waals surface area contributed by atoms with Crippen LogP contribution in [0.15, 0.2) is 6.07 Å². The van der Waals surface area contributed by atoms with Gasteiger partial charge in [-0.05, 0) is 25.5 Å². The molecule has 1 fully saturated rings. The number of nitrogen functional groups attached to an aromatic ring is 1. The zero-order chi connectivity index (χ0) is 12.3. The first-order valence-electron chi connectivity index (χ1n) is 6.10. The fourth-order valence-corrected chi connectivity index (χ4v) is 2.51. The van der Waals surface area contributed by atoms with Crippen molar-refractivity contribution in [3.05, 3.63) is 11.9 Å². The summed E-state index contributed by atoms with van der Waals surface area (Å²) < 4.78 is 0.435. The highest BCUT2D eigenvalue weighted by Gasteiger charge is 2.41. The minimum absolute atomic E-state index is 0.435. The van der Waals surface area contributed by atoms with Gasteiger partial charge in [0.1, 0.15) is 17.5 Å². The molecule has 3 N–H and O–H groups in total. The van der Waals surface area contributed by atoms with Gasteiger partial charge in [0.2, 0.25) is 0 Å². The Hall–Kier alpha value is -0.970. The van der Waals surface area contributed by atoms with E-state index < -0.39 is 0 Å². The van der Waals surface area contributed by atoms with Crippen molar-refractivity contribution in [1.82, 2.24) is 9.97 Å². The number of hydrogen-bond donors (Lipinski definition) is 2. The van der Waals surface area contributed by atoms with Gasteiger partial charge in [-0.1, -0.05) is 6.92 Å². The van der Waals surface area contributed by atoms with Crippen molar-refractivity contribution in [3.8, 4) is 0 Å². The van der Waals surface area contributed by atoms with Gasteiger partial charge in [0.15, 0.2) is 0 Å². The van der Waals surface area contributed by atoms with Crippen molar-refractivity contribution < 1.29 is 0 Å². The predicted octanol–water partition coefficient (Wildman–Crippen LogP) is 2.32. The Balaban J connectivity index is 2.00. The average molecular weight is 252 g/mol. The predicted molar refractivity (Wildman–Crippen MR) is 74.4 cm³/mol. The van der Waals surface area contributed by atoms with E-state index in [1.807, 2.05) is 17.8 Å². The fourth-order valence-electron chi connectivity index (χ4n) is 1.79. The Morgan fingerprint density at radius 3 is 2.82 bits per heavy atom. The molecule has 2 rings (SSSR count). The molecule has 1 saturated carbocycles. The van der Waals surface area contributed by atoms with Gasteiger partial charge in [0.05, 0.1) is 0 Å². The number of nitrogens with one attached hydrogen (secondary N) is 1. The fraction of sp³-hybridized carbons (Fsp3) is 0.667. The molecule has 1 heterocycles. The molecule has 0 spiro atoms. The minimum Gasteiger partial charge on any atom is -0.384 e. The van der Waals surface area contributed by atoms with Gasteiger partial charge in [-0.3, -0.25) is 0 Å². The standard InChI is InChI=1S/C12H20N4S/c1-3-4-10-15-9(13)7-11(16-10)14-8-12(17-2)5-6-12/h7H,3-6,8H2,1-2H3,(H3,13,14,15,16). The van der Waals surface area contributed by atoms with Crippen molar-refractivity contribution in [2.24, 2.45) is 0 Å². The quantitative estimate of drug-likeness (QED) is 0.813. The number of thioether (sulfide) groups is 1. The van der Waals surface area contributed by atoms with E-state index in [0.29, 0.717) is 10.6 Å². The molecule has 0 aromatic carbocycles. The molecule has 0 aliphatic heterocycles. The van der Waals surface area contributed by atoms with Crippen molar-refractivity contribution in [3.63, 3.8) is 0 Å². The van der Waals surface area contributed by atoms with Crippen LogP contribution in [0.3, 0.4) is 0 Å². The molecular formula is C12H20N4S. The topological polar surface area (TPSA) is 63.8 Å². The number of nitrogens with two attached hydrogens (primary N) is 1. The smallest absolute Gasteiger partial charge is 0.133 e. The first kappa shape index (κ1) is 12.5.